The Morgan fingerprint density at radius 1 is 1.32 bits per heavy atom. The van der Waals surface area contributed by atoms with E-state index in [1.807, 2.05) is 12.3 Å². The molecule has 1 saturated heterocycles. The highest BCUT2D eigenvalue weighted by Crippen LogP contribution is 2.33. The summed E-state index contributed by atoms with van der Waals surface area (Å²) in [6.07, 6.45) is 9.87. The first-order valence-electron chi connectivity index (χ1n) is 9.09. The van der Waals surface area contributed by atoms with E-state index >= 15 is 0 Å². The molecule has 4 nitrogen and oxygen atoms in total. The number of nitrogens with zero attached hydrogens (tertiary/aromatic N) is 1. The van der Waals surface area contributed by atoms with Crippen molar-refractivity contribution in [2.75, 3.05) is 6.54 Å². The Kier molecular flexibility index (Phi) is 9.19. The zero-order chi connectivity index (χ0) is 16.2. The van der Waals surface area contributed by atoms with Crippen LogP contribution in [0.1, 0.15) is 57.4 Å². The monoisotopic (exact) mass is 387 g/mol. The quantitative estimate of drug-likeness (QED) is 0.809. The number of carbonyl (C=O) groups is 1. The third-order valence-electron chi connectivity index (χ3n) is 5.59. The first-order chi connectivity index (χ1) is 11.1. The fraction of sp³-hybridized carbons (Fsp3) is 0.684. The molecule has 2 N–H and O–H groups in total. The molecule has 2 fully saturated rings. The van der Waals surface area contributed by atoms with E-state index in [0.29, 0.717) is 30.3 Å². The lowest BCUT2D eigenvalue weighted by Crippen LogP contribution is -2.44. The Hall–Kier alpha value is -0.840. The van der Waals surface area contributed by atoms with Gasteiger partial charge in [0.1, 0.15) is 0 Å². The molecule has 4 unspecified atom stereocenters. The first kappa shape index (κ1) is 22.2. The van der Waals surface area contributed by atoms with Crippen LogP contribution in [0, 0.1) is 11.8 Å². The van der Waals surface area contributed by atoms with Crippen LogP contribution < -0.4 is 10.6 Å². The van der Waals surface area contributed by atoms with Gasteiger partial charge in [-0.2, -0.15) is 0 Å². The molecule has 2 heterocycles. The molecule has 0 bridgehead atoms. The van der Waals surface area contributed by atoms with Crippen molar-refractivity contribution in [2.45, 2.75) is 64.0 Å². The third-order valence-corrected chi connectivity index (χ3v) is 5.59. The van der Waals surface area contributed by atoms with E-state index in [1.54, 1.807) is 6.20 Å². The zero-order valence-electron chi connectivity index (χ0n) is 15.1. The minimum atomic E-state index is 0. The van der Waals surface area contributed by atoms with Gasteiger partial charge in [-0.3, -0.25) is 9.78 Å². The van der Waals surface area contributed by atoms with Crippen LogP contribution in [-0.4, -0.2) is 29.5 Å². The molecule has 1 aromatic heterocycles. The van der Waals surface area contributed by atoms with Crippen LogP contribution >= 0.6 is 24.8 Å². The maximum atomic E-state index is 12.6. The van der Waals surface area contributed by atoms with E-state index in [2.05, 4.69) is 35.5 Å². The summed E-state index contributed by atoms with van der Waals surface area (Å²) in [6.45, 7) is 5.09. The molecular formula is C19H31Cl2N3O. The number of amides is 1. The lowest BCUT2D eigenvalue weighted by atomic mass is 9.85. The van der Waals surface area contributed by atoms with Crippen molar-refractivity contribution in [1.82, 2.24) is 15.6 Å². The Morgan fingerprint density at radius 2 is 2.08 bits per heavy atom. The van der Waals surface area contributed by atoms with Crippen molar-refractivity contribution in [1.29, 1.82) is 0 Å². The molecule has 0 aromatic carbocycles. The minimum Gasteiger partial charge on any atom is -0.354 e. The molecule has 25 heavy (non-hydrogen) atoms. The highest BCUT2D eigenvalue weighted by Gasteiger charge is 2.38. The van der Waals surface area contributed by atoms with Crippen molar-refractivity contribution in [2.24, 2.45) is 11.8 Å². The van der Waals surface area contributed by atoms with Gasteiger partial charge in [0.05, 0.1) is 6.04 Å². The predicted molar refractivity (Wildman–Crippen MR) is 107 cm³/mol. The predicted octanol–water partition coefficient (Wildman–Crippen LogP) is 3.70. The van der Waals surface area contributed by atoms with Crippen LogP contribution in [-0.2, 0) is 4.79 Å². The highest BCUT2D eigenvalue weighted by atomic mass is 35.5. The normalized spacial score (nSPS) is 26.1. The Labute approximate surface area is 163 Å². The molecule has 142 valence electrons. The van der Waals surface area contributed by atoms with Gasteiger partial charge in [-0.05, 0) is 42.7 Å². The zero-order valence-corrected chi connectivity index (χ0v) is 16.7. The smallest absolute Gasteiger partial charge is 0.237 e. The number of nitrogens with one attached hydrogen (secondary N) is 2. The van der Waals surface area contributed by atoms with Crippen molar-refractivity contribution < 1.29 is 4.79 Å². The van der Waals surface area contributed by atoms with Gasteiger partial charge in [0.25, 0.3) is 0 Å². The molecule has 1 amide bonds. The maximum Gasteiger partial charge on any atom is 0.237 e. The molecule has 6 heteroatoms. The standard InChI is InChI=1S/C19H29N3O.2ClH/c1-13(2)16(15-7-5-9-20-11-15)12-21-19(23)18-10-14-6-3-4-8-17(14)22-18;;/h5,7,9,11,13-14,16-18,22H,3-4,6,8,10,12H2,1-2H3,(H,21,23);2*1H. The topological polar surface area (TPSA) is 54.0 Å². The second-order valence-electron chi connectivity index (χ2n) is 7.49. The van der Waals surface area contributed by atoms with Crippen LogP contribution in [0.5, 0.6) is 0 Å². The molecule has 0 radical (unpaired) electrons. The number of halogens is 2. The van der Waals surface area contributed by atoms with Gasteiger partial charge in [-0.1, -0.05) is 32.8 Å². The van der Waals surface area contributed by atoms with Crippen LogP contribution in [0.2, 0.25) is 0 Å². The van der Waals surface area contributed by atoms with Crippen LogP contribution in [0.25, 0.3) is 0 Å². The molecular weight excluding hydrogens is 357 g/mol. The van der Waals surface area contributed by atoms with Gasteiger partial charge in [0.15, 0.2) is 0 Å². The Bertz CT molecular complexity index is 513. The van der Waals surface area contributed by atoms with E-state index in [0.717, 1.165) is 6.42 Å². The van der Waals surface area contributed by atoms with Crippen LogP contribution in [0.3, 0.4) is 0 Å². The highest BCUT2D eigenvalue weighted by molar-refractivity contribution is 5.85. The average Bonchev–Trinajstić information content (AvgIpc) is 2.99. The minimum absolute atomic E-state index is 0. The lowest BCUT2D eigenvalue weighted by molar-refractivity contribution is -0.123. The van der Waals surface area contributed by atoms with Gasteiger partial charge >= 0.3 is 0 Å². The van der Waals surface area contributed by atoms with E-state index in [1.165, 1.54) is 31.2 Å². The summed E-state index contributed by atoms with van der Waals surface area (Å²) < 4.78 is 0. The van der Waals surface area contributed by atoms with E-state index < -0.39 is 0 Å². The summed E-state index contributed by atoms with van der Waals surface area (Å²) >= 11 is 0. The van der Waals surface area contributed by atoms with Crippen molar-refractivity contribution in [3.8, 4) is 0 Å². The molecule has 1 aromatic rings. The van der Waals surface area contributed by atoms with Gasteiger partial charge in [0.2, 0.25) is 5.91 Å². The summed E-state index contributed by atoms with van der Waals surface area (Å²) in [5.74, 6) is 1.67. The third kappa shape index (κ3) is 5.57. The largest absolute Gasteiger partial charge is 0.354 e. The molecule has 4 atom stereocenters. The first-order valence-corrected chi connectivity index (χ1v) is 9.09. The number of aromatic nitrogens is 1. The van der Waals surface area contributed by atoms with Gasteiger partial charge in [-0.15, -0.1) is 24.8 Å². The van der Waals surface area contributed by atoms with Crippen molar-refractivity contribution >= 4 is 30.7 Å². The number of pyridine rings is 1. The summed E-state index contributed by atoms with van der Waals surface area (Å²) in [5, 5.41) is 6.75. The molecule has 1 aliphatic carbocycles. The van der Waals surface area contributed by atoms with Gasteiger partial charge < -0.3 is 10.6 Å². The molecule has 1 aliphatic heterocycles. The average molecular weight is 388 g/mol. The second-order valence-corrected chi connectivity index (χ2v) is 7.49. The second kappa shape index (κ2) is 10.3. The lowest BCUT2D eigenvalue weighted by Gasteiger charge is -2.24. The van der Waals surface area contributed by atoms with Crippen LogP contribution in [0.15, 0.2) is 24.5 Å². The van der Waals surface area contributed by atoms with Gasteiger partial charge in [-0.25, -0.2) is 0 Å². The maximum absolute atomic E-state index is 12.6. The van der Waals surface area contributed by atoms with Crippen molar-refractivity contribution in [3.63, 3.8) is 0 Å². The SMILES string of the molecule is CC(C)C(CNC(=O)C1CC2CCCCC2N1)c1cccnc1.Cl.Cl. The fourth-order valence-electron chi connectivity index (χ4n) is 4.19. The number of fused-ring (bicyclic) bond motifs is 1. The Balaban J connectivity index is 0.00000156. The number of rotatable bonds is 5. The Morgan fingerprint density at radius 3 is 2.72 bits per heavy atom. The summed E-state index contributed by atoms with van der Waals surface area (Å²) in [5.41, 5.74) is 1.20. The molecule has 2 aliphatic rings. The fourth-order valence-corrected chi connectivity index (χ4v) is 4.19. The van der Waals surface area contributed by atoms with E-state index in [4.69, 9.17) is 0 Å². The molecule has 3 rings (SSSR count). The van der Waals surface area contributed by atoms with Gasteiger partial charge in [0, 0.05) is 30.9 Å². The molecule has 0 spiro atoms. The van der Waals surface area contributed by atoms with E-state index in [9.17, 15) is 4.79 Å². The number of carbonyl (C=O) groups excluding carboxylic acids is 1. The summed E-state index contributed by atoms with van der Waals surface area (Å²) in [4.78, 5) is 16.8. The number of hydrogen-bond acceptors (Lipinski definition) is 3. The van der Waals surface area contributed by atoms with E-state index in [-0.39, 0.29) is 36.8 Å². The molecule has 1 saturated carbocycles. The van der Waals surface area contributed by atoms with Crippen molar-refractivity contribution in [3.05, 3.63) is 30.1 Å². The van der Waals surface area contributed by atoms with Crippen LogP contribution in [0.4, 0.5) is 0 Å². The number of hydrogen-bond donors (Lipinski definition) is 2. The summed E-state index contributed by atoms with van der Waals surface area (Å²) in [7, 11) is 0. The summed E-state index contributed by atoms with van der Waals surface area (Å²) in [6, 6.07) is 4.64.